The van der Waals surface area contributed by atoms with E-state index in [2.05, 4.69) is 43.7 Å². The molecular formula is C26H30BCl5N2O4. The lowest BCUT2D eigenvalue weighted by molar-refractivity contribution is 0.00578. The Morgan fingerprint density at radius 2 is 1.18 bits per heavy atom. The zero-order chi connectivity index (χ0) is 27.9. The summed E-state index contributed by atoms with van der Waals surface area (Å²) in [7, 11) is -0.182. The van der Waals surface area contributed by atoms with Crippen LogP contribution in [-0.4, -0.2) is 54.7 Å². The number of pyridine rings is 2. The lowest BCUT2D eigenvalue weighted by Gasteiger charge is -2.32. The van der Waals surface area contributed by atoms with Crippen molar-refractivity contribution >= 4 is 70.7 Å². The van der Waals surface area contributed by atoms with Crippen LogP contribution in [0.25, 0.3) is 5.57 Å². The molecule has 5 rings (SSSR count). The van der Waals surface area contributed by atoms with Crippen LogP contribution in [0.5, 0.6) is 0 Å². The second kappa shape index (κ2) is 14.2. The summed E-state index contributed by atoms with van der Waals surface area (Å²) in [5, 5.41) is 2.17. The fourth-order valence-electron chi connectivity index (χ4n) is 3.58. The SMILES string of the molecule is CC1(C)OB(C2=CCOCC2)OC1(C)C.Clc1cc(Cl)nc(C2=CCOCC2)c1.Clc1cc(Cl)nc(Cl)c1. The third kappa shape index (κ3) is 9.36. The third-order valence-electron chi connectivity index (χ3n) is 6.33. The number of ether oxygens (including phenoxy) is 2. The van der Waals surface area contributed by atoms with Crippen LogP contribution in [0, 0.1) is 0 Å². The highest BCUT2D eigenvalue weighted by atomic mass is 35.5. The molecule has 2 aromatic heterocycles. The standard InChI is InChI=1S/C11H19BO3.C10H9Cl2NO.C5H2Cl3N/c1-10(2)11(3,4)15-12(14-10)9-5-7-13-8-6-9;11-8-5-9(13-10(12)6-8)7-1-3-14-4-2-7;6-3-1-4(7)9-5(8)2-3/h5H,6-8H2,1-4H3;1,5-6H,2-4H2;1-2H. The molecule has 12 heteroatoms. The first-order chi connectivity index (χ1) is 17.9. The van der Waals surface area contributed by atoms with Crippen molar-refractivity contribution in [3.05, 3.63) is 73.1 Å². The molecule has 1 fully saturated rings. The average Bonchev–Trinajstić information content (AvgIpc) is 3.06. The molecule has 0 aromatic carbocycles. The summed E-state index contributed by atoms with van der Waals surface area (Å²) in [4.78, 5) is 7.90. The number of hydrogen-bond donors (Lipinski definition) is 0. The van der Waals surface area contributed by atoms with Crippen LogP contribution >= 0.6 is 58.0 Å². The number of halogens is 5. The van der Waals surface area contributed by atoms with Crippen molar-refractivity contribution in [3.8, 4) is 0 Å². The highest BCUT2D eigenvalue weighted by Gasteiger charge is 2.52. The fourth-order valence-corrected chi connectivity index (χ4v) is 4.83. The fraction of sp³-hybridized carbons (Fsp3) is 0.462. The molecular weight excluding hydrogens is 592 g/mol. The Balaban J connectivity index is 0.000000163. The first kappa shape index (κ1) is 31.7. The van der Waals surface area contributed by atoms with Gasteiger partial charge >= 0.3 is 7.12 Å². The van der Waals surface area contributed by atoms with Crippen molar-refractivity contribution in [2.45, 2.75) is 51.7 Å². The van der Waals surface area contributed by atoms with E-state index < -0.39 is 0 Å². The van der Waals surface area contributed by atoms with Crippen molar-refractivity contribution in [2.24, 2.45) is 0 Å². The Labute approximate surface area is 249 Å². The van der Waals surface area contributed by atoms with Crippen molar-refractivity contribution < 1.29 is 18.8 Å². The van der Waals surface area contributed by atoms with Crippen LogP contribution in [0.4, 0.5) is 0 Å². The summed E-state index contributed by atoms with van der Waals surface area (Å²) < 4.78 is 22.4. The molecule has 0 atom stereocenters. The van der Waals surface area contributed by atoms with Gasteiger partial charge in [-0.15, -0.1) is 0 Å². The molecule has 0 bridgehead atoms. The Bertz CT molecular complexity index is 1090. The normalized spacial score (nSPS) is 19.9. The van der Waals surface area contributed by atoms with Crippen molar-refractivity contribution in [3.63, 3.8) is 0 Å². The largest absolute Gasteiger partial charge is 0.490 e. The van der Waals surface area contributed by atoms with Gasteiger partial charge in [-0.25, -0.2) is 9.97 Å². The van der Waals surface area contributed by atoms with Crippen LogP contribution in [-0.2, 0) is 18.8 Å². The van der Waals surface area contributed by atoms with E-state index >= 15 is 0 Å². The van der Waals surface area contributed by atoms with Gasteiger partial charge in [0.15, 0.2) is 0 Å². The van der Waals surface area contributed by atoms with Crippen LogP contribution in [0.3, 0.4) is 0 Å². The molecule has 206 valence electrons. The predicted molar refractivity (Wildman–Crippen MR) is 157 cm³/mol. The molecule has 5 heterocycles. The lowest BCUT2D eigenvalue weighted by atomic mass is 9.75. The topological polar surface area (TPSA) is 62.7 Å². The third-order valence-corrected chi connectivity index (χ3v) is 7.35. The Hall–Kier alpha value is -0.865. The maximum absolute atomic E-state index is 5.96. The van der Waals surface area contributed by atoms with E-state index in [9.17, 15) is 0 Å². The molecule has 0 unspecified atom stereocenters. The zero-order valence-corrected chi connectivity index (χ0v) is 25.5. The van der Waals surface area contributed by atoms with E-state index in [-0.39, 0.29) is 18.3 Å². The molecule has 0 saturated carbocycles. The van der Waals surface area contributed by atoms with E-state index in [1.165, 1.54) is 17.6 Å². The molecule has 0 radical (unpaired) electrons. The molecule has 6 nitrogen and oxygen atoms in total. The smallest absolute Gasteiger partial charge is 0.400 e. The maximum Gasteiger partial charge on any atom is 0.490 e. The van der Waals surface area contributed by atoms with Gasteiger partial charge in [0.1, 0.15) is 15.5 Å². The lowest BCUT2D eigenvalue weighted by Crippen LogP contribution is -2.41. The van der Waals surface area contributed by atoms with Gasteiger partial charge in [-0.05, 0) is 75.8 Å². The molecule has 0 spiro atoms. The van der Waals surface area contributed by atoms with Crippen molar-refractivity contribution in [1.29, 1.82) is 0 Å². The summed E-state index contributed by atoms with van der Waals surface area (Å²) >= 11 is 28.2. The molecule has 38 heavy (non-hydrogen) atoms. The molecule has 0 N–H and O–H groups in total. The maximum atomic E-state index is 5.96. The molecule has 1 saturated heterocycles. The minimum absolute atomic E-state index is 0.182. The quantitative estimate of drug-likeness (QED) is 0.249. The van der Waals surface area contributed by atoms with Gasteiger partial charge in [-0.3, -0.25) is 0 Å². The van der Waals surface area contributed by atoms with Gasteiger partial charge in [-0.2, -0.15) is 0 Å². The van der Waals surface area contributed by atoms with Crippen LogP contribution < -0.4 is 0 Å². The average molecular weight is 623 g/mol. The molecule has 0 aliphatic carbocycles. The van der Waals surface area contributed by atoms with E-state index in [0.717, 1.165) is 37.3 Å². The number of rotatable bonds is 2. The van der Waals surface area contributed by atoms with Gasteiger partial charge in [0, 0.05) is 10.0 Å². The van der Waals surface area contributed by atoms with Gasteiger partial charge in [-0.1, -0.05) is 70.2 Å². The number of hydrogen-bond acceptors (Lipinski definition) is 6. The first-order valence-electron chi connectivity index (χ1n) is 12.1. The molecule has 3 aliphatic rings. The minimum Gasteiger partial charge on any atom is -0.400 e. The first-order valence-corrected chi connectivity index (χ1v) is 14.0. The Morgan fingerprint density at radius 1 is 0.684 bits per heavy atom. The number of aromatic nitrogens is 2. The molecule has 3 aliphatic heterocycles. The number of nitrogens with zero attached hydrogens (tertiary/aromatic N) is 2. The van der Waals surface area contributed by atoms with Gasteiger partial charge in [0.25, 0.3) is 0 Å². The van der Waals surface area contributed by atoms with Gasteiger partial charge in [0.05, 0.1) is 43.3 Å². The summed E-state index contributed by atoms with van der Waals surface area (Å²) in [5.41, 5.74) is 2.75. The minimum atomic E-state index is -0.239. The van der Waals surface area contributed by atoms with E-state index in [0.29, 0.717) is 38.7 Å². The highest BCUT2D eigenvalue weighted by Crippen LogP contribution is 2.39. The van der Waals surface area contributed by atoms with E-state index in [1.807, 2.05) is 12.1 Å². The second-order valence-electron chi connectivity index (χ2n) is 9.67. The van der Waals surface area contributed by atoms with Gasteiger partial charge in [0.2, 0.25) is 0 Å². The van der Waals surface area contributed by atoms with E-state index in [1.54, 1.807) is 6.07 Å². The highest BCUT2D eigenvalue weighted by molar-refractivity contribution is 6.54. The molecule has 0 amide bonds. The van der Waals surface area contributed by atoms with E-state index in [4.69, 9.17) is 76.8 Å². The molecule has 2 aromatic rings. The van der Waals surface area contributed by atoms with Crippen molar-refractivity contribution in [1.82, 2.24) is 9.97 Å². The summed E-state index contributed by atoms with van der Waals surface area (Å²) in [6.45, 7) is 11.1. The van der Waals surface area contributed by atoms with Crippen LogP contribution in [0.2, 0.25) is 25.5 Å². The predicted octanol–water partition coefficient (Wildman–Crippen LogP) is 8.20. The summed E-state index contributed by atoms with van der Waals surface area (Å²) in [6, 6.07) is 6.50. The summed E-state index contributed by atoms with van der Waals surface area (Å²) in [5.74, 6) is 0. The second-order valence-corrected chi connectivity index (χ2v) is 11.7. The Kier molecular flexibility index (Phi) is 11.8. The van der Waals surface area contributed by atoms with Crippen LogP contribution in [0.1, 0.15) is 46.2 Å². The van der Waals surface area contributed by atoms with Crippen LogP contribution in [0.15, 0.2) is 41.9 Å². The Morgan fingerprint density at radius 3 is 1.63 bits per heavy atom. The van der Waals surface area contributed by atoms with Crippen molar-refractivity contribution in [2.75, 3.05) is 26.4 Å². The summed E-state index contributed by atoms with van der Waals surface area (Å²) in [6.07, 6.45) is 5.87. The monoisotopic (exact) mass is 620 g/mol. The van der Waals surface area contributed by atoms with Gasteiger partial charge < -0.3 is 18.8 Å². The zero-order valence-electron chi connectivity index (χ0n) is 21.7.